The maximum absolute atomic E-state index is 13.5. The molecule has 0 aromatic heterocycles. The summed E-state index contributed by atoms with van der Waals surface area (Å²) in [7, 11) is 3.08. The predicted molar refractivity (Wildman–Crippen MR) is 139 cm³/mol. The quantitative estimate of drug-likeness (QED) is 0.446. The molecule has 1 aliphatic rings. The van der Waals surface area contributed by atoms with E-state index in [0.29, 0.717) is 41.5 Å². The highest BCUT2D eigenvalue weighted by Crippen LogP contribution is 2.35. The lowest BCUT2D eigenvalue weighted by Crippen LogP contribution is -2.41. The van der Waals surface area contributed by atoms with E-state index in [0.717, 1.165) is 17.5 Å². The first-order chi connectivity index (χ1) is 17.5. The number of nitrogens with zero attached hydrogens (tertiary/aromatic N) is 1. The second-order valence-corrected chi connectivity index (χ2v) is 8.66. The number of anilines is 1. The van der Waals surface area contributed by atoms with Gasteiger partial charge < -0.3 is 24.4 Å². The molecule has 0 unspecified atom stereocenters. The molecule has 0 saturated carbocycles. The van der Waals surface area contributed by atoms with E-state index in [1.54, 1.807) is 31.4 Å². The fourth-order valence-electron chi connectivity index (χ4n) is 4.56. The number of carbonyl (C=O) groups excluding carboxylic acids is 2. The van der Waals surface area contributed by atoms with Crippen molar-refractivity contribution in [1.29, 1.82) is 0 Å². The van der Waals surface area contributed by atoms with E-state index in [9.17, 15) is 9.59 Å². The van der Waals surface area contributed by atoms with Crippen molar-refractivity contribution >= 4 is 17.5 Å². The molecule has 7 nitrogen and oxygen atoms in total. The molecule has 188 valence electrons. The Labute approximate surface area is 212 Å². The van der Waals surface area contributed by atoms with Crippen molar-refractivity contribution in [2.45, 2.75) is 45.4 Å². The number of amides is 2. The molecule has 0 aliphatic carbocycles. The van der Waals surface area contributed by atoms with E-state index >= 15 is 0 Å². The van der Waals surface area contributed by atoms with E-state index in [1.165, 1.54) is 7.11 Å². The van der Waals surface area contributed by atoms with Gasteiger partial charge in [-0.05, 0) is 54.8 Å². The van der Waals surface area contributed by atoms with Gasteiger partial charge in [0.25, 0.3) is 11.8 Å². The predicted octanol–water partition coefficient (Wildman–Crippen LogP) is 5.61. The summed E-state index contributed by atoms with van der Waals surface area (Å²) in [5, 5.41) is 2.95. The van der Waals surface area contributed by atoms with Crippen LogP contribution in [0.2, 0.25) is 0 Å². The van der Waals surface area contributed by atoms with Gasteiger partial charge in [0.05, 0.1) is 26.8 Å². The van der Waals surface area contributed by atoms with E-state index in [1.807, 2.05) is 42.2 Å². The fourth-order valence-corrected chi connectivity index (χ4v) is 4.56. The third kappa shape index (κ3) is 5.15. The molecule has 7 heteroatoms. The molecular weight excluding hydrogens is 456 g/mol. The summed E-state index contributed by atoms with van der Waals surface area (Å²) in [6.07, 6.45) is 0.783. The summed E-state index contributed by atoms with van der Waals surface area (Å²) in [5.74, 6) is 1.38. The van der Waals surface area contributed by atoms with E-state index in [2.05, 4.69) is 24.4 Å². The largest absolute Gasteiger partial charge is 0.493 e. The van der Waals surface area contributed by atoms with Crippen LogP contribution in [0.4, 0.5) is 5.69 Å². The highest BCUT2D eigenvalue weighted by molar-refractivity contribution is 6.04. The van der Waals surface area contributed by atoms with Crippen molar-refractivity contribution < 1.29 is 23.8 Å². The van der Waals surface area contributed by atoms with Crippen molar-refractivity contribution in [3.63, 3.8) is 0 Å². The summed E-state index contributed by atoms with van der Waals surface area (Å²) < 4.78 is 16.7. The monoisotopic (exact) mass is 488 g/mol. The van der Waals surface area contributed by atoms with Crippen molar-refractivity contribution in [3.8, 4) is 17.2 Å². The molecule has 1 N–H and O–H groups in total. The van der Waals surface area contributed by atoms with Gasteiger partial charge in [0.2, 0.25) is 0 Å². The average molecular weight is 489 g/mol. The molecule has 1 aliphatic heterocycles. The summed E-state index contributed by atoms with van der Waals surface area (Å²) in [6, 6.07) is 20.5. The Morgan fingerprint density at radius 3 is 2.44 bits per heavy atom. The van der Waals surface area contributed by atoms with Gasteiger partial charge in [0.15, 0.2) is 17.6 Å². The molecule has 3 aromatic rings. The second kappa shape index (κ2) is 11.2. The zero-order valence-corrected chi connectivity index (χ0v) is 21.1. The molecule has 0 radical (unpaired) electrons. The zero-order chi connectivity index (χ0) is 25.7. The zero-order valence-electron chi connectivity index (χ0n) is 21.1. The van der Waals surface area contributed by atoms with Crippen LogP contribution in [0.5, 0.6) is 17.2 Å². The first kappa shape index (κ1) is 25.1. The van der Waals surface area contributed by atoms with Crippen LogP contribution in [0, 0.1) is 0 Å². The summed E-state index contributed by atoms with van der Waals surface area (Å²) in [4.78, 5) is 28.4. The number of rotatable bonds is 8. The Balaban J connectivity index is 1.63. The maximum atomic E-state index is 13.5. The van der Waals surface area contributed by atoms with Gasteiger partial charge in [-0.25, -0.2) is 0 Å². The first-order valence-electron chi connectivity index (χ1n) is 12.2. The van der Waals surface area contributed by atoms with Crippen molar-refractivity contribution in [2.24, 2.45) is 0 Å². The van der Waals surface area contributed by atoms with E-state index in [4.69, 9.17) is 14.2 Å². The SMILES string of the molecule is CC[C@H](c1ccccc1)N1Cc2cc(NC(=O)c3ccc(OC)c(OC)c3)ccc2O[C@H](CC)C1=O. The van der Waals surface area contributed by atoms with Crippen LogP contribution in [0.15, 0.2) is 66.7 Å². The minimum atomic E-state index is -0.559. The highest BCUT2D eigenvalue weighted by atomic mass is 16.5. The number of hydrogen-bond acceptors (Lipinski definition) is 5. The standard InChI is InChI=1S/C29H32N2O5/c1-5-23(19-10-8-7-9-11-19)31-18-21-16-22(13-15-25(21)36-24(6-2)29(31)33)30-28(32)20-12-14-26(34-3)27(17-20)35-4/h7-17,23-24H,5-6,18H2,1-4H3,(H,30,32)/t23-,24-/m1/s1. The lowest BCUT2D eigenvalue weighted by atomic mass is 10.0. The van der Waals surface area contributed by atoms with Crippen LogP contribution in [-0.2, 0) is 11.3 Å². The first-order valence-corrected chi connectivity index (χ1v) is 12.2. The smallest absolute Gasteiger partial charge is 0.264 e. The minimum Gasteiger partial charge on any atom is -0.493 e. The molecule has 3 aromatic carbocycles. The van der Waals surface area contributed by atoms with Crippen LogP contribution in [0.1, 0.15) is 54.2 Å². The molecule has 0 bridgehead atoms. The number of methoxy groups -OCH3 is 2. The van der Waals surface area contributed by atoms with Gasteiger partial charge in [-0.3, -0.25) is 9.59 Å². The molecule has 36 heavy (non-hydrogen) atoms. The number of hydrogen-bond donors (Lipinski definition) is 1. The number of benzene rings is 3. The Kier molecular flexibility index (Phi) is 7.78. The Morgan fingerprint density at radius 2 is 1.78 bits per heavy atom. The van der Waals surface area contributed by atoms with E-state index < -0.39 is 6.10 Å². The molecule has 0 fully saturated rings. The fraction of sp³-hybridized carbons (Fsp3) is 0.310. The number of fused-ring (bicyclic) bond motifs is 1. The molecule has 2 amide bonds. The Hall–Kier alpha value is -4.00. The van der Waals surface area contributed by atoms with Gasteiger partial charge in [-0.1, -0.05) is 44.2 Å². The molecule has 1 heterocycles. The Morgan fingerprint density at radius 1 is 1.03 bits per heavy atom. The van der Waals surface area contributed by atoms with Gasteiger partial charge in [-0.15, -0.1) is 0 Å². The number of carbonyl (C=O) groups is 2. The van der Waals surface area contributed by atoms with Crippen LogP contribution in [0.25, 0.3) is 0 Å². The highest BCUT2D eigenvalue weighted by Gasteiger charge is 2.34. The van der Waals surface area contributed by atoms with E-state index in [-0.39, 0.29) is 17.9 Å². The number of nitrogens with one attached hydrogen (secondary N) is 1. The normalized spacial score (nSPS) is 15.8. The third-order valence-electron chi connectivity index (χ3n) is 6.45. The molecule has 2 atom stereocenters. The van der Waals surface area contributed by atoms with Gasteiger partial charge in [-0.2, -0.15) is 0 Å². The van der Waals surface area contributed by atoms with Gasteiger partial charge in [0.1, 0.15) is 5.75 Å². The second-order valence-electron chi connectivity index (χ2n) is 8.66. The van der Waals surface area contributed by atoms with Gasteiger partial charge >= 0.3 is 0 Å². The lowest BCUT2D eigenvalue weighted by molar-refractivity contribution is -0.141. The molecular formula is C29H32N2O5. The van der Waals surface area contributed by atoms with Crippen molar-refractivity contribution in [1.82, 2.24) is 4.90 Å². The van der Waals surface area contributed by atoms with Crippen molar-refractivity contribution in [2.75, 3.05) is 19.5 Å². The topological polar surface area (TPSA) is 77.1 Å². The minimum absolute atomic E-state index is 0.0275. The molecule has 0 spiro atoms. The lowest BCUT2D eigenvalue weighted by Gasteiger charge is -2.32. The van der Waals surface area contributed by atoms with Crippen LogP contribution in [0.3, 0.4) is 0 Å². The summed E-state index contributed by atoms with van der Waals surface area (Å²) in [5.41, 5.74) is 2.99. The average Bonchev–Trinajstić information content (AvgIpc) is 3.05. The van der Waals surface area contributed by atoms with Crippen LogP contribution >= 0.6 is 0 Å². The summed E-state index contributed by atoms with van der Waals surface area (Å²) in [6.45, 7) is 4.42. The number of ether oxygens (including phenoxy) is 3. The third-order valence-corrected chi connectivity index (χ3v) is 6.45. The van der Waals surface area contributed by atoms with Crippen LogP contribution in [-0.4, -0.2) is 37.0 Å². The van der Waals surface area contributed by atoms with Crippen molar-refractivity contribution in [3.05, 3.63) is 83.4 Å². The summed E-state index contributed by atoms with van der Waals surface area (Å²) >= 11 is 0. The maximum Gasteiger partial charge on any atom is 0.264 e. The van der Waals surface area contributed by atoms with Crippen LogP contribution < -0.4 is 19.5 Å². The molecule has 4 rings (SSSR count). The van der Waals surface area contributed by atoms with Gasteiger partial charge in [0, 0.05) is 16.8 Å². The Bertz CT molecular complexity index is 1230. The molecule has 0 saturated heterocycles.